The molecule has 3 nitrogen and oxygen atoms in total. The molecular weight excluding hydrogens is 280 g/mol. The second-order valence-electron chi connectivity index (χ2n) is 4.47. The van der Waals surface area contributed by atoms with Crippen molar-refractivity contribution in [2.75, 3.05) is 19.7 Å². The van der Waals surface area contributed by atoms with Crippen LogP contribution < -0.4 is 10.1 Å². The molecule has 1 rings (SSSR count). The van der Waals surface area contributed by atoms with Crippen molar-refractivity contribution in [2.45, 2.75) is 26.7 Å². The van der Waals surface area contributed by atoms with E-state index in [4.69, 9.17) is 4.74 Å². The third-order valence-corrected chi connectivity index (χ3v) is 2.80. The van der Waals surface area contributed by atoms with E-state index in [1.165, 1.54) is 12.8 Å². The van der Waals surface area contributed by atoms with Crippen molar-refractivity contribution in [1.29, 1.82) is 0 Å². The van der Waals surface area contributed by atoms with Crippen LogP contribution in [0.3, 0.4) is 0 Å². The Hall–Kier alpha value is -0.610. The van der Waals surface area contributed by atoms with E-state index in [-0.39, 0.29) is 0 Å². The maximum Gasteiger partial charge on any atom is 0.138 e. The van der Waals surface area contributed by atoms with Gasteiger partial charge in [0.05, 0.1) is 6.20 Å². The topological polar surface area (TPSA) is 34.1 Å². The van der Waals surface area contributed by atoms with Crippen molar-refractivity contribution in [3.63, 3.8) is 0 Å². The molecule has 0 radical (unpaired) electrons. The van der Waals surface area contributed by atoms with Crippen molar-refractivity contribution < 1.29 is 4.74 Å². The van der Waals surface area contributed by atoms with E-state index in [1.54, 1.807) is 12.4 Å². The number of pyridine rings is 1. The van der Waals surface area contributed by atoms with Gasteiger partial charge in [-0.3, -0.25) is 4.98 Å². The minimum Gasteiger partial charge on any atom is -0.491 e. The monoisotopic (exact) mass is 300 g/mol. The summed E-state index contributed by atoms with van der Waals surface area (Å²) in [6, 6.07) is 1.92. The van der Waals surface area contributed by atoms with Crippen molar-refractivity contribution in [1.82, 2.24) is 10.3 Å². The Balaban J connectivity index is 2.01. The number of nitrogens with one attached hydrogen (secondary N) is 1. The van der Waals surface area contributed by atoms with Gasteiger partial charge in [0.15, 0.2) is 0 Å². The zero-order valence-corrected chi connectivity index (χ0v) is 12.2. The van der Waals surface area contributed by atoms with E-state index >= 15 is 0 Å². The van der Waals surface area contributed by atoms with E-state index in [0.29, 0.717) is 6.61 Å². The smallest absolute Gasteiger partial charge is 0.138 e. The molecule has 0 unspecified atom stereocenters. The summed E-state index contributed by atoms with van der Waals surface area (Å²) >= 11 is 3.36. The molecule has 0 saturated carbocycles. The number of aromatic nitrogens is 1. The first-order valence-electron chi connectivity index (χ1n) is 6.12. The molecule has 0 saturated heterocycles. The molecule has 1 N–H and O–H groups in total. The van der Waals surface area contributed by atoms with Crippen LogP contribution in [0, 0.1) is 5.92 Å². The highest BCUT2D eigenvalue weighted by Crippen LogP contribution is 2.15. The van der Waals surface area contributed by atoms with Crippen molar-refractivity contribution >= 4 is 15.9 Å². The lowest BCUT2D eigenvalue weighted by Gasteiger charge is -2.08. The molecule has 4 heteroatoms. The molecule has 0 fully saturated rings. The number of hydrogen-bond donors (Lipinski definition) is 1. The van der Waals surface area contributed by atoms with Gasteiger partial charge in [0.25, 0.3) is 0 Å². The van der Waals surface area contributed by atoms with Crippen molar-refractivity contribution in [3.8, 4) is 5.75 Å². The summed E-state index contributed by atoms with van der Waals surface area (Å²) in [6.07, 6.45) is 5.99. The number of halogens is 1. The molecular formula is C13H21BrN2O. The first-order chi connectivity index (χ1) is 8.18. The van der Waals surface area contributed by atoms with Gasteiger partial charge in [-0.05, 0) is 47.3 Å². The van der Waals surface area contributed by atoms with Crippen LogP contribution in [0.5, 0.6) is 5.75 Å². The quantitative estimate of drug-likeness (QED) is 0.748. The van der Waals surface area contributed by atoms with Gasteiger partial charge < -0.3 is 10.1 Å². The van der Waals surface area contributed by atoms with Gasteiger partial charge in [-0.2, -0.15) is 0 Å². The minimum atomic E-state index is 0.680. The SMILES string of the molecule is CC(C)CCCNCCOc1cncc(Br)c1. The molecule has 0 aromatic carbocycles. The first-order valence-corrected chi connectivity index (χ1v) is 6.92. The fraction of sp³-hybridized carbons (Fsp3) is 0.615. The predicted octanol–water partition coefficient (Wildman–Crippen LogP) is 3.25. The molecule has 0 bridgehead atoms. The zero-order chi connectivity index (χ0) is 12.5. The molecule has 0 aliphatic rings. The Morgan fingerprint density at radius 2 is 2.18 bits per heavy atom. The van der Waals surface area contributed by atoms with E-state index in [1.807, 2.05) is 6.07 Å². The van der Waals surface area contributed by atoms with Crippen LogP contribution in [0.25, 0.3) is 0 Å². The van der Waals surface area contributed by atoms with E-state index in [2.05, 4.69) is 40.1 Å². The van der Waals surface area contributed by atoms with Gasteiger partial charge in [-0.25, -0.2) is 0 Å². The van der Waals surface area contributed by atoms with Crippen LogP contribution in [-0.2, 0) is 0 Å². The third kappa shape index (κ3) is 7.34. The van der Waals surface area contributed by atoms with Crippen LogP contribution in [-0.4, -0.2) is 24.7 Å². The summed E-state index contributed by atoms with van der Waals surface area (Å²) in [5.74, 6) is 1.60. The predicted molar refractivity (Wildman–Crippen MR) is 74.4 cm³/mol. The lowest BCUT2D eigenvalue weighted by molar-refractivity contribution is 0.311. The van der Waals surface area contributed by atoms with Gasteiger partial charge in [-0.15, -0.1) is 0 Å². The van der Waals surface area contributed by atoms with Gasteiger partial charge >= 0.3 is 0 Å². The summed E-state index contributed by atoms with van der Waals surface area (Å²) in [7, 11) is 0. The molecule has 1 heterocycles. The second-order valence-corrected chi connectivity index (χ2v) is 5.39. The highest BCUT2D eigenvalue weighted by Gasteiger charge is 1.96. The highest BCUT2D eigenvalue weighted by atomic mass is 79.9. The molecule has 0 spiro atoms. The zero-order valence-electron chi connectivity index (χ0n) is 10.6. The number of hydrogen-bond acceptors (Lipinski definition) is 3. The number of rotatable bonds is 8. The molecule has 0 aliphatic heterocycles. The molecule has 17 heavy (non-hydrogen) atoms. The molecule has 0 amide bonds. The van der Waals surface area contributed by atoms with Gasteiger partial charge in [-0.1, -0.05) is 13.8 Å². The Bertz CT molecular complexity index is 318. The molecule has 1 aromatic heterocycles. The van der Waals surface area contributed by atoms with E-state index in [9.17, 15) is 0 Å². The van der Waals surface area contributed by atoms with E-state index < -0.39 is 0 Å². The molecule has 0 atom stereocenters. The van der Waals surface area contributed by atoms with Crippen LogP contribution in [0.4, 0.5) is 0 Å². The third-order valence-electron chi connectivity index (χ3n) is 2.36. The maximum atomic E-state index is 5.56. The van der Waals surface area contributed by atoms with Gasteiger partial charge in [0.2, 0.25) is 0 Å². The Kier molecular flexibility index (Phi) is 7.21. The van der Waals surface area contributed by atoms with Crippen LogP contribution in [0.2, 0.25) is 0 Å². The summed E-state index contributed by atoms with van der Waals surface area (Å²) in [5, 5.41) is 3.37. The van der Waals surface area contributed by atoms with Gasteiger partial charge in [0, 0.05) is 17.2 Å². The van der Waals surface area contributed by atoms with Crippen LogP contribution in [0.1, 0.15) is 26.7 Å². The summed E-state index contributed by atoms with van der Waals surface area (Å²) in [6.45, 7) is 7.13. The Morgan fingerprint density at radius 3 is 2.88 bits per heavy atom. The highest BCUT2D eigenvalue weighted by molar-refractivity contribution is 9.10. The molecule has 1 aromatic rings. The van der Waals surface area contributed by atoms with Crippen LogP contribution in [0.15, 0.2) is 22.9 Å². The lowest BCUT2D eigenvalue weighted by atomic mass is 10.1. The second kappa shape index (κ2) is 8.48. The summed E-state index contributed by atoms with van der Waals surface area (Å²) in [4.78, 5) is 4.04. The summed E-state index contributed by atoms with van der Waals surface area (Å²) < 4.78 is 6.50. The van der Waals surface area contributed by atoms with Gasteiger partial charge in [0.1, 0.15) is 12.4 Å². The average Bonchev–Trinajstić information content (AvgIpc) is 2.27. The normalized spacial score (nSPS) is 10.8. The molecule has 0 aliphatic carbocycles. The average molecular weight is 301 g/mol. The number of nitrogens with zero attached hydrogens (tertiary/aromatic N) is 1. The number of ether oxygens (including phenoxy) is 1. The van der Waals surface area contributed by atoms with E-state index in [0.717, 1.165) is 29.2 Å². The standard InChI is InChI=1S/C13H21BrN2O/c1-11(2)4-3-5-15-6-7-17-13-8-12(14)9-16-10-13/h8-11,15H,3-7H2,1-2H3. The Labute approximate surface area is 112 Å². The van der Waals surface area contributed by atoms with Crippen LogP contribution >= 0.6 is 15.9 Å². The fourth-order valence-electron chi connectivity index (χ4n) is 1.47. The maximum absolute atomic E-state index is 5.56. The van der Waals surface area contributed by atoms with Crippen molar-refractivity contribution in [3.05, 3.63) is 22.9 Å². The largest absolute Gasteiger partial charge is 0.491 e. The fourth-order valence-corrected chi connectivity index (χ4v) is 1.82. The molecule has 96 valence electrons. The first kappa shape index (κ1) is 14.5. The van der Waals surface area contributed by atoms with Crippen molar-refractivity contribution in [2.24, 2.45) is 5.92 Å². The summed E-state index contributed by atoms with van der Waals surface area (Å²) in [5.41, 5.74) is 0. The Morgan fingerprint density at radius 1 is 1.35 bits per heavy atom. The lowest BCUT2D eigenvalue weighted by Crippen LogP contribution is -2.22. The minimum absolute atomic E-state index is 0.680.